The smallest absolute Gasteiger partial charge is 0.288 e. The SMILES string of the molecule is CC1=C(C(=O)Nc2ccc(F)cc2)C(c2ccc(Cl)c([N+](=O)[O-])c2)C2=C(CC(c3ccccc3)CC2=O)N1. The quantitative estimate of drug-likeness (QED) is 0.293. The first-order chi connectivity index (χ1) is 18.2. The lowest BCUT2D eigenvalue weighted by molar-refractivity contribution is -0.384. The molecule has 0 saturated carbocycles. The van der Waals surface area contributed by atoms with Crippen molar-refractivity contribution in [2.24, 2.45) is 0 Å². The predicted molar refractivity (Wildman–Crippen MR) is 142 cm³/mol. The molecule has 2 aliphatic rings. The molecule has 1 heterocycles. The number of amides is 1. The van der Waals surface area contributed by atoms with Gasteiger partial charge in [0, 0.05) is 46.6 Å². The summed E-state index contributed by atoms with van der Waals surface area (Å²) in [7, 11) is 0. The van der Waals surface area contributed by atoms with Crippen molar-refractivity contribution in [1.29, 1.82) is 0 Å². The lowest BCUT2D eigenvalue weighted by atomic mass is 9.71. The van der Waals surface area contributed by atoms with Crippen LogP contribution in [0.1, 0.15) is 42.7 Å². The molecule has 3 aromatic rings. The van der Waals surface area contributed by atoms with E-state index in [0.29, 0.717) is 34.6 Å². The highest BCUT2D eigenvalue weighted by Gasteiger charge is 2.41. The number of nitro benzene ring substituents is 1. The number of anilines is 1. The molecule has 2 unspecified atom stereocenters. The molecule has 7 nitrogen and oxygen atoms in total. The van der Waals surface area contributed by atoms with Crippen molar-refractivity contribution in [1.82, 2.24) is 5.32 Å². The fourth-order valence-electron chi connectivity index (χ4n) is 5.22. The number of rotatable bonds is 5. The summed E-state index contributed by atoms with van der Waals surface area (Å²) in [4.78, 5) is 38.4. The van der Waals surface area contributed by atoms with E-state index in [2.05, 4.69) is 10.6 Å². The van der Waals surface area contributed by atoms with Crippen LogP contribution in [0, 0.1) is 15.9 Å². The summed E-state index contributed by atoms with van der Waals surface area (Å²) < 4.78 is 13.4. The number of nitrogens with zero attached hydrogens (tertiary/aromatic N) is 1. The van der Waals surface area contributed by atoms with Gasteiger partial charge in [-0.1, -0.05) is 48.0 Å². The van der Waals surface area contributed by atoms with E-state index in [-0.39, 0.29) is 34.4 Å². The third-order valence-corrected chi connectivity index (χ3v) is 7.27. The molecule has 0 aromatic heterocycles. The molecule has 0 fully saturated rings. The highest BCUT2D eigenvalue weighted by atomic mass is 35.5. The van der Waals surface area contributed by atoms with Gasteiger partial charge in [-0.25, -0.2) is 4.39 Å². The molecule has 9 heteroatoms. The molecule has 192 valence electrons. The molecule has 0 saturated heterocycles. The Morgan fingerprint density at radius 2 is 1.76 bits per heavy atom. The lowest BCUT2D eigenvalue weighted by Gasteiger charge is -2.37. The predicted octanol–water partition coefficient (Wildman–Crippen LogP) is 6.39. The van der Waals surface area contributed by atoms with E-state index in [1.165, 1.54) is 36.4 Å². The van der Waals surface area contributed by atoms with Gasteiger partial charge in [-0.3, -0.25) is 19.7 Å². The summed E-state index contributed by atoms with van der Waals surface area (Å²) in [6.45, 7) is 1.73. The Morgan fingerprint density at radius 3 is 2.45 bits per heavy atom. The number of dihydropyridines is 1. The van der Waals surface area contributed by atoms with Crippen LogP contribution in [-0.4, -0.2) is 16.6 Å². The van der Waals surface area contributed by atoms with Gasteiger partial charge >= 0.3 is 0 Å². The van der Waals surface area contributed by atoms with Crippen molar-refractivity contribution < 1.29 is 18.9 Å². The van der Waals surface area contributed by atoms with Crippen LogP contribution >= 0.6 is 11.6 Å². The number of hydrogen-bond acceptors (Lipinski definition) is 5. The summed E-state index contributed by atoms with van der Waals surface area (Å²) in [5.74, 6) is -1.99. The summed E-state index contributed by atoms with van der Waals surface area (Å²) in [6, 6.07) is 19.4. The highest BCUT2D eigenvalue weighted by molar-refractivity contribution is 6.32. The molecule has 0 radical (unpaired) electrons. The van der Waals surface area contributed by atoms with Gasteiger partial charge in [0.2, 0.25) is 0 Å². The molecule has 3 aromatic carbocycles. The van der Waals surface area contributed by atoms with Gasteiger partial charge in [-0.2, -0.15) is 0 Å². The van der Waals surface area contributed by atoms with Crippen LogP contribution < -0.4 is 10.6 Å². The van der Waals surface area contributed by atoms with Crippen molar-refractivity contribution >= 4 is 34.7 Å². The number of ketones is 1. The van der Waals surface area contributed by atoms with Crippen LogP contribution in [0.5, 0.6) is 0 Å². The van der Waals surface area contributed by atoms with Crippen molar-refractivity contribution in [3.05, 3.63) is 127 Å². The molecule has 2 N–H and O–H groups in total. The van der Waals surface area contributed by atoms with E-state index in [1.807, 2.05) is 30.3 Å². The van der Waals surface area contributed by atoms with Crippen molar-refractivity contribution in [3.8, 4) is 0 Å². The van der Waals surface area contributed by atoms with Gasteiger partial charge in [-0.05, 0) is 60.7 Å². The first-order valence-corrected chi connectivity index (χ1v) is 12.4. The topological polar surface area (TPSA) is 101 Å². The van der Waals surface area contributed by atoms with E-state index in [9.17, 15) is 24.1 Å². The number of benzene rings is 3. The molecule has 5 rings (SSSR count). The molecule has 38 heavy (non-hydrogen) atoms. The van der Waals surface area contributed by atoms with Gasteiger partial charge in [0.05, 0.1) is 4.92 Å². The Morgan fingerprint density at radius 1 is 1.05 bits per heavy atom. The number of carbonyl (C=O) groups excluding carboxylic acids is 2. The molecule has 1 aliphatic heterocycles. The van der Waals surface area contributed by atoms with E-state index in [0.717, 1.165) is 5.56 Å². The monoisotopic (exact) mass is 531 g/mol. The normalized spacial score (nSPS) is 19.1. The van der Waals surface area contributed by atoms with E-state index < -0.39 is 22.6 Å². The fourth-order valence-corrected chi connectivity index (χ4v) is 5.40. The van der Waals surface area contributed by atoms with Crippen LogP contribution in [0.15, 0.2) is 95.3 Å². The summed E-state index contributed by atoms with van der Waals surface area (Å²) in [5.41, 5.74) is 3.36. The average Bonchev–Trinajstić information content (AvgIpc) is 2.89. The van der Waals surface area contributed by atoms with Gasteiger partial charge in [-0.15, -0.1) is 0 Å². The molecule has 1 aliphatic carbocycles. The highest BCUT2D eigenvalue weighted by Crippen LogP contribution is 2.46. The summed E-state index contributed by atoms with van der Waals surface area (Å²) in [6.07, 6.45) is 0.782. The Labute approximate surface area is 223 Å². The second-order valence-corrected chi connectivity index (χ2v) is 9.76. The molecular weight excluding hydrogens is 509 g/mol. The van der Waals surface area contributed by atoms with Gasteiger partial charge in [0.15, 0.2) is 5.78 Å². The Kier molecular flexibility index (Phi) is 6.82. The maximum absolute atomic E-state index is 13.7. The number of Topliss-reactive ketones (excluding diaryl/α,β-unsaturated/α-hetero) is 1. The van der Waals surface area contributed by atoms with Crippen LogP contribution in [0.25, 0.3) is 0 Å². The minimum absolute atomic E-state index is 0.0426. The van der Waals surface area contributed by atoms with Gasteiger partial charge in [0.1, 0.15) is 10.8 Å². The molecule has 0 spiro atoms. The second kappa shape index (κ2) is 10.2. The van der Waals surface area contributed by atoms with E-state index >= 15 is 0 Å². The Hall–Kier alpha value is -4.30. The summed E-state index contributed by atoms with van der Waals surface area (Å²) >= 11 is 6.08. The molecule has 0 bridgehead atoms. The zero-order valence-corrected chi connectivity index (χ0v) is 21.1. The number of hydrogen-bond donors (Lipinski definition) is 2. The maximum Gasteiger partial charge on any atom is 0.288 e. The Balaban J connectivity index is 1.60. The van der Waals surface area contributed by atoms with Gasteiger partial charge < -0.3 is 10.6 Å². The first kappa shape index (κ1) is 25.4. The van der Waals surface area contributed by atoms with Crippen LogP contribution in [0.4, 0.5) is 15.8 Å². The number of allylic oxidation sites excluding steroid dienone is 3. The van der Waals surface area contributed by atoms with Crippen molar-refractivity contribution in [3.63, 3.8) is 0 Å². The second-order valence-electron chi connectivity index (χ2n) is 9.36. The summed E-state index contributed by atoms with van der Waals surface area (Å²) in [5, 5.41) is 17.7. The third-order valence-electron chi connectivity index (χ3n) is 6.95. The standard InChI is InChI=1S/C29H23ClFN3O4/c1-16-26(29(36)33-21-10-8-20(31)9-11-21)27(18-7-12-22(30)24(14-18)34(37)38)28-23(32-16)13-19(15-25(28)35)17-5-3-2-4-6-17/h2-12,14,19,27,32H,13,15H2,1H3,(H,33,36). The Bertz CT molecular complexity index is 1520. The molecule has 1 amide bonds. The number of carbonyl (C=O) groups is 2. The third kappa shape index (κ3) is 4.82. The average molecular weight is 532 g/mol. The van der Waals surface area contributed by atoms with Crippen molar-refractivity contribution in [2.75, 3.05) is 5.32 Å². The zero-order valence-electron chi connectivity index (χ0n) is 20.3. The molecular formula is C29H23ClFN3O4. The van der Waals surface area contributed by atoms with Crippen molar-refractivity contribution in [2.45, 2.75) is 31.6 Å². The number of nitrogens with one attached hydrogen (secondary N) is 2. The van der Waals surface area contributed by atoms with Crippen LogP contribution in [0.2, 0.25) is 5.02 Å². The minimum Gasteiger partial charge on any atom is -0.362 e. The van der Waals surface area contributed by atoms with E-state index in [4.69, 9.17) is 11.6 Å². The van der Waals surface area contributed by atoms with Gasteiger partial charge in [0.25, 0.3) is 11.6 Å². The maximum atomic E-state index is 13.7. The molecule has 2 atom stereocenters. The lowest BCUT2D eigenvalue weighted by Crippen LogP contribution is -2.37. The number of nitro groups is 1. The zero-order chi connectivity index (χ0) is 27.0. The van der Waals surface area contributed by atoms with Crippen LogP contribution in [-0.2, 0) is 9.59 Å². The fraction of sp³-hybridized carbons (Fsp3) is 0.172. The first-order valence-electron chi connectivity index (χ1n) is 12.0. The minimum atomic E-state index is -0.855. The van der Waals surface area contributed by atoms with E-state index in [1.54, 1.807) is 13.0 Å². The largest absolute Gasteiger partial charge is 0.362 e. The van der Waals surface area contributed by atoms with Crippen LogP contribution in [0.3, 0.4) is 0 Å². The number of halogens is 2.